The summed E-state index contributed by atoms with van der Waals surface area (Å²) in [4.78, 5) is 1.35. The molecule has 2 aromatic rings. The molecule has 0 nitrogen and oxygen atoms in total. The molecule has 0 unspecified atom stereocenters. The van der Waals surface area contributed by atoms with Crippen molar-refractivity contribution in [3.63, 3.8) is 0 Å². The van der Waals surface area contributed by atoms with Crippen molar-refractivity contribution in [1.29, 1.82) is 0 Å². The van der Waals surface area contributed by atoms with Gasteiger partial charge in [-0.15, -0.1) is 18.3 Å². The lowest BCUT2D eigenvalue weighted by molar-refractivity contribution is 0.974. The van der Waals surface area contributed by atoms with E-state index in [0.717, 1.165) is 12.2 Å². The molecule has 0 saturated heterocycles. The first kappa shape index (κ1) is 13.0. The van der Waals surface area contributed by atoms with Gasteiger partial charge < -0.3 is 0 Å². The molecular weight excluding hydrogens is 236 g/mol. The van der Waals surface area contributed by atoms with Crippen LogP contribution in [0.3, 0.4) is 0 Å². The van der Waals surface area contributed by atoms with Gasteiger partial charge in [0, 0.05) is 4.90 Å². The highest BCUT2D eigenvalue weighted by Gasteiger charge is 1.97. The van der Waals surface area contributed by atoms with Crippen LogP contribution in [0.25, 0.3) is 11.1 Å². The molecule has 0 aliphatic heterocycles. The van der Waals surface area contributed by atoms with E-state index < -0.39 is 0 Å². The monoisotopic (exact) mass is 254 g/mol. The molecule has 0 amide bonds. The topological polar surface area (TPSA) is 0 Å². The zero-order chi connectivity index (χ0) is 12.6. The number of unbranched alkanes of at least 4 members (excludes halogenated alkanes) is 1. The van der Waals surface area contributed by atoms with Crippen molar-refractivity contribution < 1.29 is 0 Å². The molecule has 0 bridgehead atoms. The molecule has 0 N–H and O–H groups in total. The quantitative estimate of drug-likeness (QED) is 0.377. The summed E-state index contributed by atoms with van der Waals surface area (Å²) >= 11 is 1.92. The second-order valence-electron chi connectivity index (χ2n) is 4.17. The van der Waals surface area contributed by atoms with Crippen molar-refractivity contribution in [3.05, 3.63) is 67.3 Å². The van der Waals surface area contributed by atoms with Crippen molar-refractivity contribution >= 4 is 11.8 Å². The molecule has 0 spiro atoms. The summed E-state index contributed by atoms with van der Waals surface area (Å²) in [5.41, 5.74) is 2.56. The van der Waals surface area contributed by atoms with E-state index in [4.69, 9.17) is 0 Å². The maximum Gasteiger partial charge on any atom is 0.00723 e. The summed E-state index contributed by atoms with van der Waals surface area (Å²) in [6, 6.07) is 19.3. The first-order chi connectivity index (χ1) is 8.90. The Labute approximate surface area is 114 Å². The van der Waals surface area contributed by atoms with Gasteiger partial charge in [0.2, 0.25) is 0 Å². The first-order valence-electron chi connectivity index (χ1n) is 6.29. The number of thioether (sulfide) groups is 1. The molecule has 0 aromatic heterocycles. The standard InChI is InChI=1S/C17H18S/c1-2-3-7-14-18-17-12-10-16(11-13-17)15-8-5-4-6-9-15/h2,4-6,8-13H,1,3,7,14H2. The second-order valence-corrected chi connectivity index (χ2v) is 5.34. The van der Waals surface area contributed by atoms with Gasteiger partial charge in [-0.3, -0.25) is 0 Å². The van der Waals surface area contributed by atoms with Crippen LogP contribution < -0.4 is 0 Å². The Morgan fingerprint density at radius 3 is 2.22 bits per heavy atom. The Bertz CT molecular complexity index is 471. The van der Waals surface area contributed by atoms with Crippen molar-refractivity contribution in [1.82, 2.24) is 0 Å². The molecule has 18 heavy (non-hydrogen) atoms. The number of hydrogen-bond acceptors (Lipinski definition) is 1. The molecule has 0 aliphatic carbocycles. The van der Waals surface area contributed by atoms with E-state index in [9.17, 15) is 0 Å². The van der Waals surface area contributed by atoms with Gasteiger partial charge in [0.25, 0.3) is 0 Å². The number of allylic oxidation sites excluding steroid dienone is 1. The van der Waals surface area contributed by atoms with Crippen LogP contribution in [-0.2, 0) is 0 Å². The Morgan fingerprint density at radius 1 is 0.889 bits per heavy atom. The van der Waals surface area contributed by atoms with Gasteiger partial charge in [0.1, 0.15) is 0 Å². The van der Waals surface area contributed by atoms with Crippen LogP contribution in [0.1, 0.15) is 12.8 Å². The maximum atomic E-state index is 3.74. The highest BCUT2D eigenvalue weighted by molar-refractivity contribution is 7.99. The van der Waals surface area contributed by atoms with E-state index in [1.165, 1.54) is 22.4 Å². The fourth-order valence-electron chi connectivity index (χ4n) is 1.79. The molecule has 0 radical (unpaired) electrons. The van der Waals surface area contributed by atoms with E-state index in [1.807, 2.05) is 23.9 Å². The molecule has 0 heterocycles. The van der Waals surface area contributed by atoms with Crippen molar-refractivity contribution in [2.24, 2.45) is 0 Å². The number of hydrogen-bond donors (Lipinski definition) is 0. The van der Waals surface area contributed by atoms with E-state index >= 15 is 0 Å². The van der Waals surface area contributed by atoms with Crippen LogP contribution in [0.2, 0.25) is 0 Å². The van der Waals surface area contributed by atoms with Gasteiger partial charge in [-0.2, -0.15) is 0 Å². The summed E-state index contributed by atoms with van der Waals surface area (Å²) < 4.78 is 0. The van der Waals surface area contributed by atoms with Crippen LogP contribution in [-0.4, -0.2) is 5.75 Å². The average Bonchev–Trinajstić information content (AvgIpc) is 2.45. The highest BCUT2D eigenvalue weighted by atomic mass is 32.2. The molecule has 0 aliphatic rings. The molecular formula is C17H18S. The van der Waals surface area contributed by atoms with Crippen molar-refractivity contribution in [2.75, 3.05) is 5.75 Å². The predicted molar refractivity (Wildman–Crippen MR) is 82.0 cm³/mol. The zero-order valence-corrected chi connectivity index (χ0v) is 11.3. The van der Waals surface area contributed by atoms with Crippen LogP contribution >= 0.6 is 11.8 Å². The fraction of sp³-hybridized carbons (Fsp3) is 0.176. The highest BCUT2D eigenvalue weighted by Crippen LogP contribution is 2.24. The maximum absolute atomic E-state index is 3.74. The summed E-state index contributed by atoms with van der Waals surface area (Å²) in [5.74, 6) is 1.16. The third-order valence-electron chi connectivity index (χ3n) is 2.78. The van der Waals surface area contributed by atoms with Crippen LogP contribution in [0, 0.1) is 0 Å². The van der Waals surface area contributed by atoms with Gasteiger partial charge in [0.05, 0.1) is 0 Å². The van der Waals surface area contributed by atoms with Gasteiger partial charge in [-0.05, 0) is 41.9 Å². The lowest BCUT2D eigenvalue weighted by Gasteiger charge is -2.04. The molecule has 0 saturated carbocycles. The Kier molecular flexibility index (Phi) is 5.10. The lowest BCUT2D eigenvalue weighted by atomic mass is 10.1. The summed E-state index contributed by atoms with van der Waals surface area (Å²) in [6.45, 7) is 3.74. The van der Waals surface area contributed by atoms with E-state index in [2.05, 4.69) is 55.1 Å². The summed E-state index contributed by atoms with van der Waals surface area (Å²) in [7, 11) is 0. The van der Waals surface area contributed by atoms with Gasteiger partial charge in [-0.1, -0.05) is 48.5 Å². The van der Waals surface area contributed by atoms with Crippen LogP contribution in [0.15, 0.2) is 72.1 Å². The Balaban J connectivity index is 1.95. The predicted octanol–water partition coefficient (Wildman–Crippen LogP) is 5.41. The minimum atomic E-state index is 1.11. The normalized spacial score (nSPS) is 10.2. The third kappa shape index (κ3) is 3.78. The molecule has 1 heteroatoms. The van der Waals surface area contributed by atoms with Gasteiger partial charge >= 0.3 is 0 Å². The average molecular weight is 254 g/mol. The molecule has 2 aromatic carbocycles. The van der Waals surface area contributed by atoms with Gasteiger partial charge in [0.15, 0.2) is 0 Å². The van der Waals surface area contributed by atoms with E-state index in [0.29, 0.717) is 0 Å². The minimum absolute atomic E-state index is 1.11. The molecule has 0 fully saturated rings. The minimum Gasteiger partial charge on any atom is -0.126 e. The summed E-state index contributed by atoms with van der Waals surface area (Å²) in [6.07, 6.45) is 4.29. The van der Waals surface area contributed by atoms with E-state index in [1.54, 1.807) is 0 Å². The van der Waals surface area contributed by atoms with Crippen molar-refractivity contribution in [2.45, 2.75) is 17.7 Å². The first-order valence-corrected chi connectivity index (χ1v) is 7.28. The van der Waals surface area contributed by atoms with Crippen LogP contribution in [0.4, 0.5) is 0 Å². The number of rotatable bonds is 6. The molecule has 2 rings (SSSR count). The van der Waals surface area contributed by atoms with E-state index in [-0.39, 0.29) is 0 Å². The lowest BCUT2D eigenvalue weighted by Crippen LogP contribution is -1.80. The van der Waals surface area contributed by atoms with Gasteiger partial charge in [-0.25, -0.2) is 0 Å². The summed E-state index contributed by atoms with van der Waals surface area (Å²) in [5, 5.41) is 0. The second kappa shape index (κ2) is 7.07. The third-order valence-corrected chi connectivity index (χ3v) is 3.88. The van der Waals surface area contributed by atoms with Crippen molar-refractivity contribution in [3.8, 4) is 11.1 Å². The smallest absolute Gasteiger partial charge is 0.00723 e. The zero-order valence-electron chi connectivity index (χ0n) is 10.5. The Morgan fingerprint density at radius 2 is 1.56 bits per heavy atom. The fourth-order valence-corrected chi connectivity index (χ4v) is 2.67. The Hall–Kier alpha value is -1.47. The number of benzene rings is 2. The molecule has 0 atom stereocenters. The SMILES string of the molecule is C=CCCCSc1ccc(-c2ccccc2)cc1. The van der Waals surface area contributed by atoms with Crippen LogP contribution in [0.5, 0.6) is 0 Å². The largest absolute Gasteiger partial charge is 0.126 e. The molecule has 92 valence electrons.